The first-order chi connectivity index (χ1) is 3.93. The molecule has 1 aliphatic rings. The van der Waals surface area contributed by atoms with Crippen LogP contribution in [-0.4, -0.2) is 24.4 Å². The summed E-state index contributed by atoms with van der Waals surface area (Å²) >= 11 is 0. The van der Waals surface area contributed by atoms with Gasteiger partial charge in [-0.25, -0.2) is 0 Å². The maximum Gasteiger partial charge on any atom is 0.209 e. The number of rotatable bonds is 1. The molecule has 0 fully saturated rings. The molecule has 0 saturated carbocycles. The van der Waals surface area contributed by atoms with Gasteiger partial charge in [-0.15, -0.1) is 0 Å². The van der Waals surface area contributed by atoms with E-state index in [1.165, 1.54) is 0 Å². The Morgan fingerprint density at radius 2 is 2.38 bits per heavy atom. The number of hydrogen-bond acceptors (Lipinski definition) is 1. The molecule has 1 aliphatic heterocycles. The van der Waals surface area contributed by atoms with Crippen molar-refractivity contribution in [3.63, 3.8) is 0 Å². The fourth-order valence-corrected chi connectivity index (χ4v) is 0.755. The van der Waals surface area contributed by atoms with Crippen LogP contribution in [0.3, 0.4) is 0 Å². The first kappa shape index (κ1) is 5.35. The van der Waals surface area contributed by atoms with Crippen LogP contribution in [0.4, 0.5) is 0 Å². The Balaban J connectivity index is 2.37. The van der Waals surface area contributed by atoms with E-state index in [1.54, 1.807) is 4.90 Å². The summed E-state index contributed by atoms with van der Waals surface area (Å²) in [6.07, 6.45) is 6.01. The summed E-state index contributed by atoms with van der Waals surface area (Å²) in [6, 6.07) is 0. The van der Waals surface area contributed by atoms with Crippen LogP contribution < -0.4 is 0 Å². The molecule has 0 aromatic heterocycles. The van der Waals surface area contributed by atoms with Gasteiger partial charge in [0, 0.05) is 13.1 Å². The molecular weight excluding hydrogens is 102 g/mol. The highest BCUT2D eigenvalue weighted by Gasteiger charge is 1.99. The maximum atomic E-state index is 10.1. The third kappa shape index (κ3) is 1.09. The molecule has 1 rings (SSSR count). The van der Waals surface area contributed by atoms with E-state index >= 15 is 0 Å². The molecule has 0 aliphatic carbocycles. The molecule has 0 aromatic rings. The largest absolute Gasteiger partial charge is 0.341 e. The van der Waals surface area contributed by atoms with Crippen molar-refractivity contribution in [2.75, 3.05) is 13.1 Å². The fraction of sp³-hybridized carbons (Fsp3) is 0.500. The van der Waals surface area contributed by atoms with Crippen molar-refractivity contribution < 1.29 is 4.79 Å². The molecule has 2 heteroatoms. The Morgan fingerprint density at radius 1 is 1.50 bits per heavy atom. The number of amides is 1. The Kier molecular flexibility index (Phi) is 1.67. The van der Waals surface area contributed by atoms with Crippen LogP contribution in [0.1, 0.15) is 6.42 Å². The molecule has 0 saturated heterocycles. The van der Waals surface area contributed by atoms with Crippen molar-refractivity contribution in [3.05, 3.63) is 12.2 Å². The van der Waals surface area contributed by atoms with Crippen LogP contribution in [0.25, 0.3) is 0 Å². The monoisotopic (exact) mass is 111 g/mol. The van der Waals surface area contributed by atoms with Gasteiger partial charge >= 0.3 is 0 Å². The van der Waals surface area contributed by atoms with Gasteiger partial charge in [0.05, 0.1) is 0 Å². The molecule has 0 aromatic carbocycles. The Bertz CT molecular complexity index is 109. The minimum absolute atomic E-state index is 0.795. The van der Waals surface area contributed by atoms with Gasteiger partial charge in [0.2, 0.25) is 6.41 Å². The lowest BCUT2D eigenvalue weighted by Gasteiger charge is -2.16. The summed E-state index contributed by atoms with van der Waals surface area (Å²) < 4.78 is 0. The fourth-order valence-electron chi connectivity index (χ4n) is 0.755. The molecule has 44 valence electrons. The van der Waals surface area contributed by atoms with Gasteiger partial charge in [-0.2, -0.15) is 0 Å². The molecule has 0 unspecified atom stereocenters. The molecule has 0 bridgehead atoms. The van der Waals surface area contributed by atoms with Crippen molar-refractivity contribution >= 4 is 6.41 Å². The lowest BCUT2D eigenvalue weighted by atomic mass is 10.3. The lowest BCUT2D eigenvalue weighted by Crippen LogP contribution is -2.25. The molecule has 2 nitrogen and oxygen atoms in total. The van der Waals surface area contributed by atoms with Gasteiger partial charge in [0.25, 0.3) is 0 Å². The topological polar surface area (TPSA) is 20.3 Å². The number of carbonyl (C=O) groups is 1. The average molecular weight is 111 g/mol. The highest BCUT2D eigenvalue weighted by Crippen LogP contribution is 1.96. The summed E-state index contributed by atoms with van der Waals surface area (Å²) in [5.41, 5.74) is 0. The predicted molar refractivity (Wildman–Crippen MR) is 31.4 cm³/mol. The quantitative estimate of drug-likeness (QED) is 0.354. The third-order valence-corrected chi connectivity index (χ3v) is 1.24. The molecular formula is C6H9NO. The molecule has 0 spiro atoms. The minimum atomic E-state index is 0.795. The molecule has 0 radical (unpaired) electrons. The van der Waals surface area contributed by atoms with Crippen molar-refractivity contribution in [1.29, 1.82) is 0 Å². The average Bonchev–Trinajstić information content (AvgIpc) is 1.90. The zero-order valence-corrected chi connectivity index (χ0v) is 4.71. The second-order valence-corrected chi connectivity index (χ2v) is 1.86. The Morgan fingerprint density at radius 3 is 2.75 bits per heavy atom. The van der Waals surface area contributed by atoms with Crippen molar-refractivity contribution in [2.24, 2.45) is 0 Å². The van der Waals surface area contributed by atoms with Gasteiger partial charge in [0.1, 0.15) is 0 Å². The lowest BCUT2D eigenvalue weighted by molar-refractivity contribution is -0.117. The highest BCUT2D eigenvalue weighted by molar-refractivity contribution is 5.47. The summed E-state index contributed by atoms with van der Waals surface area (Å²) in [6.45, 7) is 1.68. The van der Waals surface area contributed by atoms with Crippen LogP contribution in [0.15, 0.2) is 12.2 Å². The third-order valence-electron chi connectivity index (χ3n) is 1.24. The van der Waals surface area contributed by atoms with E-state index in [0.717, 1.165) is 25.9 Å². The maximum absolute atomic E-state index is 10.1. The van der Waals surface area contributed by atoms with Gasteiger partial charge in [-0.05, 0) is 6.42 Å². The zero-order valence-electron chi connectivity index (χ0n) is 4.71. The van der Waals surface area contributed by atoms with Crippen molar-refractivity contribution in [3.8, 4) is 0 Å². The minimum Gasteiger partial charge on any atom is -0.341 e. The van der Waals surface area contributed by atoms with Gasteiger partial charge in [0.15, 0.2) is 0 Å². The molecule has 0 N–H and O–H groups in total. The number of carbonyl (C=O) groups excluding carboxylic acids is 1. The summed E-state index contributed by atoms with van der Waals surface area (Å²) in [7, 11) is 0. The van der Waals surface area contributed by atoms with Crippen molar-refractivity contribution in [1.82, 2.24) is 4.90 Å². The normalized spacial score (nSPS) is 18.8. The second kappa shape index (κ2) is 2.50. The Labute approximate surface area is 48.8 Å². The van der Waals surface area contributed by atoms with Crippen LogP contribution in [0.2, 0.25) is 0 Å². The molecule has 1 amide bonds. The van der Waals surface area contributed by atoms with E-state index in [4.69, 9.17) is 0 Å². The van der Waals surface area contributed by atoms with Gasteiger partial charge < -0.3 is 4.90 Å². The van der Waals surface area contributed by atoms with E-state index in [1.807, 2.05) is 6.08 Å². The summed E-state index contributed by atoms with van der Waals surface area (Å²) in [5, 5.41) is 0. The molecule has 0 atom stereocenters. The Hall–Kier alpha value is -0.790. The summed E-state index contributed by atoms with van der Waals surface area (Å²) in [5.74, 6) is 0. The number of hydrogen-bond donors (Lipinski definition) is 0. The zero-order chi connectivity index (χ0) is 5.82. The van der Waals surface area contributed by atoms with Gasteiger partial charge in [-0.1, -0.05) is 12.2 Å². The van der Waals surface area contributed by atoms with E-state index in [2.05, 4.69) is 6.08 Å². The van der Waals surface area contributed by atoms with E-state index in [-0.39, 0.29) is 0 Å². The molecule has 8 heavy (non-hydrogen) atoms. The predicted octanol–water partition coefficient (Wildman–Crippen LogP) is 0.405. The van der Waals surface area contributed by atoms with E-state index in [0.29, 0.717) is 0 Å². The van der Waals surface area contributed by atoms with Crippen LogP contribution >= 0.6 is 0 Å². The van der Waals surface area contributed by atoms with Crippen LogP contribution in [0.5, 0.6) is 0 Å². The first-order valence-corrected chi connectivity index (χ1v) is 2.78. The standard InChI is InChI=1S/C6H9NO/c8-6-7-4-2-1-3-5-7/h1-2,6H,3-5H2. The van der Waals surface area contributed by atoms with Crippen LogP contribution in [0, 0.1) is 0 Å². The van der Waals surface area contributed by atoms with Crippen molar-refractivity contribution in [2.45, 2.75) is 6.42 Å². The van der Waals surface area contributed by atoms with Gasteiger partial charge in [-0.3, -0.25) is 4.79 Å². The van der Waals surface area contributed by atoms with E-state index < -0.39 is 0 Å². The highest BCUT2D eigenvalue weighted by atomic mass is 16.1. The second-order valence-electron chi connectivity index (χ2n) is 1.86. The summed E-state index contributed by atoms with van der Waals surface area (Å²) in [4.78, 5) is 11.8. The van der Waals surface area contributed by atoms with E-state index in [9.17, 15) is 4.79 Å². The number of nitrogens with zero attached hydrogens (tertiary/aromatic N) is 1. The smallest absolute Gasteiger partial charge is 0.209 e. The first-order valence-electron chi connectivity index (χ1n) is 2.78. The molecule has 1 heterocycles. The SMILES string of the molecule is O=CN1CC=CCC1. The van der Waals surface area contributed by atoms with Crippen LogP contribution in [-0.2, 0) is 4.79 Å².